The van der Waals surface area contributed by atoms with Crippen molar-refractivity contribution >= 4 is 0 Å². The fourth-order valence-electron chi connectivity index (χ4n) is 1.41. The van der Waals surface area contributed by atoms with Gasteiger partial charge in [0.05, 0.1) is 6.10 Å². The summed E-state index contributed by atoms with van der Waals surface area (Å²) in [6.07, 6.45) is -0.416. The maximum absolute atomic E-state index is 12.9. The van der Waals surface area contributed by atoms with Crippen LogP contribution >= 0.6 is 0 Å². The average molecular weight is 211 g/mol. The lowest BCUT2D eigenvalue weighted by Gasteiger charge is -2.22. The van der Waals surface area contributed by atoms with Crippen LogP contribution in [0.15, 0.2) is 24.3 Å². The Balaban J connectivity index is 2.64. The van der Waals surface area contributed by atoms with Gasteiger partial charge in [-0.15, -0.1) is 0 Å². The van der Waals surface area contributed by atoms with E-state index < -0.39 is 6.10 Å². The first-order valence-corrected chi connectivity index (χ1v) is 5.20. The minimum absolute atomic E-state index is 0.0109. The Labute approximate surface area is 90.1 Å². The van der Waals surface area contributed by atoms with Crippen LogP contribution in [0.25, 0.3) is 0 Å². The van der Waals surface area contributed by atoms with Gasteiger partial charge in [0.15, 0.2) is 0 Å². The lowest BCUT2D eigenvalue weighted by Crippen LogP contribution is -2.37. The van der Waals surface area contributed by atoms with Crippen LogP contribution in [0.1, 0.15) is 32.4 Å². The van der Waals surface area contributed by atoms with Crippen molar-refractivity contribution in [2.24, 2.45) is 0 Å². The summed E-state index contributed by atoms with van der Waals surface area (Å²) in [5, 5.41) is 12.5. The molecule has 0 bridgehead atoms. The van der Waals surface area contributed by atoms with Gasteiger partial charge in [0.2, 0.25) is 0 Å². The molecule has 1 rings (SSSR count). The van der Waals surface area contributed by atoms with Gasteiger partial charge in [0, 0.05) is 12.1 Å². The topological polar surface area (TPSA) is 32.3 Å². The number of aliphatic hydroxyl groups excluding tert-OH is 1. The standard InChI is InChI=1S/C12H18FNO/c1-8(10(3)15)14-9(2)11-5-4-6-12(13)7-11/h4-10,14-15H,1-3H3/t8?,9-,10?/m1/s1. The SMILES string of the molecule is CC(O)C(C)N[C@H](C)c1cccc(F)c1. The molecule has 2 nitrogen and oxygen atoms in total. The van der Waals surface area contributed by atoms with Gasteiger partial charge < -0.3 is 10.4 Å². The average Bonchev–Trinajstić information content (AvgIpc) is 2.17. The molecule has 1 aromatic rings. The number of rotatable bonds is 4. The van der Waals surface area contributed by atoms with Gasteiger partial charge in [-0.3, -0.25) is 0 Å². The second kappa shape index (κ2) is 5.24. The van der Waals surface area contributed by atoms with Crippen molar-refractivity contribution in [2.75, 3.05) is 0 Å². The molecular weight excluding hydrogens is 193 g/mol. The number of aliphatic hydroxyl groups is 1. The highest BCUT2D eigenvalue weighted by Gasteiger charge is 2.13. The fourth-order valence-corrected chi connectivity index (χ4v) is 1.41. The summed E-state index contributed by atoms with van der Waals surface area (Å²) in [6, 6.07) is 6.51. The van der Waals surface area contributed by atoms with E-state index in [9.17, 15) is 9.50 Å². The molecule has 3 atom stereocenters. The Morgan fingerprint density at radius 3 is 2.47 bits per heavy atom. The second-order valence-corrected chi connectivity index (χ2v) is 3.97. The van der Waals surface area contributed by atoms with Crippen molar-refractivity contribution in [2.45, 2.75) is 39.0 Å². The van der Waals surface area contributed by atoms with Crippen LogP contribution in [0.5, 0.6) is 0 Å². The van der Waals surface area contributed by atoms with Crippen LogP contribution in [0.2, 0.25) is 0 Å². The highest BCUT2D eigenvalue weighted by atomic mass is 19.1. The number of nitrogens with one attached hydrogen (secondary N) is 1. The maximum atomic E-state index is 12.9. The summed E-state index contributed by atoms with van der Waals surface area (Å²) in [7, 11) is 0. The summed E-state index contributed by atoms with van der Waals surface area (Å²) in [4.78, 5) is 0. The van der Waals surface area contributed by atoms with Crippen LogP contribution in [0.3, 0.4) is 0 Å². The molecule has 0 aliphatic carbocycles. The first kappa shape index (κ1) is 12.1. The van der Waals surface area contributed by atoms with Crippen LogP contribution in [-0.2, 0) is 0 Å². The smallest absolute Gasteiger partial charge is 0.123 e. The fraction of sp³-hybridized carbons (Fsp3) is 0.500. The molecule has 0 amide bonds. The largest absolute Gasteiger partial charge is 0.392 e. The number of hydrogen-bond donors (Lipinski definition) is 2. The van der Waals surface area contributed by atoms with Crippen molar-refractivity contribution < 1.29 is 9.50 Å². The van der Waals surface area contributed by atoms with Crippen molar-refractivity contribution in [3.63, 3.8) is 0 Å². The van der Waals surface area contributed by atoms with E-state index in [-0.39, 0.29) is 17.9 Å². The lowest BCUT2D eigenvalue weighted by molar-refractivity contribution is 0.147. The highest BCUT2D eigenvalue weighted by molar-refractivity contribution is 5.19. The molecule has 0 aromatic heterocycles. The minimum Gasteiger partial charge on any atom is -0.392 e. The second-order valence-electron chi connectivity index (χ2n) is 3.97. The molecule has 15 heavy (non-hydrogen) atoms. The van der Waals surface area contributed by atoms with E-state index in [1.807, 2.05) is 19.9 Å². The van der Waals surface area contributed by atoms with E-state index >= 15 is 0 Å². The third kappa shape index (κ3) is 3.61. The van der Waals surface area contributed by atoms with Crippen LogP contribution in [0.4, 0.5) is 4.39 Å². The van der Waals surface area contributed by atoms with Gasteiger partial charge in [0.1, 0.15) is 5.82 Å². The summed E-state index contributed by atoms with van der Waals surface area (Å²) in [6.45, 7) is 5.59. The van der Waals surface area contributed by atoms with Gasteiger partial charge >= 0.3 is 0 Å². The Morgan fingerprint density at radius 2 is 1.93 bits per heavy atom. The third-order valence-electron chi connectivity index (χ3n) is 2.59. The predicted octanol–water partition coefficient (Wildman–Crippen LogP) is 2.25. The van der Waals surface area contributed by atoms with Gasteiger partial charge in [-0.05, 0) is 38.5 Å². The van der Waals surface area contributed by atoms with Gasteiger partial charge in [-0.25, -0.2) is 4.39 Å². The van der Waals surface area contributed by atoms with E-state index in [0.29, 0.717) is 0 Å². The number of benzene rings is 1. The molecule has 2 N–H and O–H groups in total. The molecule has 0 heterocycles. The summed E-state index contributed by atoms with van der Waals surface area (Å²) < 4.78 is 12.9. The highest BCUT2D eigenvalue weighted by Crippen LogP contribution is 2.14. The monoisotopic (exact) mass is 211 g/mol. The molecule has 0 aliphatic heterocycles. The van der Waals surface area contributed by atoms with Crippen LogP contribution < -0.4 is 5.32 Å². The molecule has 0 radical (unpaired) electrons. The predicted molar refractivity (Wildman–Crippen MR) is 59.1 cm³/mol. The lowest BCUT2D eigenvalue weighted by atomic mass is 10.1. The molecule has 0 aliphatic rings. The van der Waals surface area contributed by atoms with Crippen molar-refractivity contribution in [3.8, 4) is 0 Å². The van der Waals surface area contributed by atoms with E-state index in [4.69, 9.17) is 0 Å². The minimum atomic E-state index is -0.416. The van der Waals surface area contributed by atoms with E-state index in [0.717, 1.165) is 5.56 Å². The number of halogens is 1. The molecule has 0 saturated heterocycles. The molecule has 2 unspecified atom stereocenters. The zero-order valence-electron chi connectivity index (χ0n) is 9.37. The quantitative estimate of drug-likeness (QED) is 0.800. The van der Waals surface area contributed by atoms with Crippen LogP contribution in [-0.4, -0.2) is 17.3 Å². The van der Waals surface area contributed by atoms with Gasteiger partial charge in [-0.2, -0.15) is 0 Å². The molecule has 0 saturated carbocycles. The summed E-state index contributed by atoms with van der Waals surface area (Å²) >= 11 is 0. The zero-order valence-corrected chi connectivity index (χ0v) is 9.37. The Kier molecular flexibility index (Phi) is 4.24. The maximum Gasteiger partial charge on any atom is 0.123 e. The van der Waals surface area contributed by atoms with Crippen molar-refractivity contribution in [1.29, 1.82) is 0 Å². The molecule has 84 valence electrons. The molecule has 3 heteroatoms. The van der Waals surface area contributed by atoms with Crippen molar-refractivity contribution in [1.82, 2.24) is 5.32 Å². The van der Waals surface area contributed by atoms with Gasteiger partial charge in [-0.1, -0.05) is 12.1 Å². The molecule has 1 aromatic carbocycles. The summed E-state index contributed by atoms with van der Waals surface area (Å²) in [5.74, 6) is -0.231. The normalized spacial score (nSPS) is 17.1. The van der Waals surface area contributed by atoms with E-state index in [2.05, 4.69) is 5.32 Å². The Hall–Kier alpha value is -0.930. The van der Waals surface area contributed by atoms with Gasteiger partial charge in [0.25, 0.3) is 0 Å². The summed E-state index contributed by atoms with van der Waals surface area (Å²) in [5.41, 5.74) is 0.891. The number of hydrogen-bond acceptors (Lipinski definition) is 2. The molecule has 0 fully saturated rings. The zero-order chi connectivity index (χ0) is 11.4. The third-order valence-corrected chi connectivity index (χ3v) is 2.59. The van der Waals surface area contributed by atoms with Crippen LogP contribution in [0, 0.1) is 5.82 Å². The Morgan fingerprint density at radius 1 is 1.27 bits per heavy atom. The van der Waals surface area contributed by atoms with Crippen molar-refractivity contribution in [3.05, 3.63) is 35.6 Å². The molecular formula is C12H18FNO. The van der Waals surface area contributed by atoms with E-state index in [1.165, 1.54) is 12.1 Å². The van der Waals surface area contributed by atoms with E-state index in [1.54, 1.807) is 13.0 Å². The first-order valence-electron chi connectivity index (χ1n) is 5.20. The Bertz CT molecular complexity index is 314. The first-order chi connectivity index (χ1) is 7.00. The molecule has 0 spiro atoms.